The molecule has 0 radical (unpaired) electrons. The van der Waals surface area contributed by atoms with Crippen molar-refractivity contribution in [3.8, 4) is 0 Å². The molecule has 0 fully saturated rings. The van der Waals surface area contributed by atoms with Gasteiger partial charge in [-0.05, 0) is 12.2 Å². The molecule has 6 heavy (non-hydrogen) atoms. The van der Waals surface area contributed by atoms with E-state index in [-0.39, 0.29) is 4.45 Å². The largest absolute Gasteiger partial charge is 0.269 e. The summed E-state index contributed by atoms with van der Waals surface area (Å²) in [5, 5.41) is 0. The summed E-state index contributed by atoms with van der Waals surface area (Å²) in [5.74, 6) is 0. The van der Waals surface area contributed by atoms with Crippen LogP contribution in [-0.4, -0.2) is 15.9 Å². The predicted molar refractivity (Wildman–Crippen MR) is 32.1 cm³/mol. The van der Waals surface area contributed by atoms with E-state index in [4.69, 9.17) is 23.4 Å². The second kappa shape index (κ2) is 2.61. The highest BCUT2D eigenvalue weighted by atomic mass is 35.5. The fourth-order valence-electron chi connectivity index (χ4n) is 0. The first-order chi connectivity index (χ1) is 2.64. The van der Waals surface area contributed by atoms with Gasteiger partial charge in [0, 0.05) is 18.8 Å². The van der Waals surface area contributed by atoms with Gasteiger partial charge < -0.3 is 0 Å². The van der Waals surface area contributed by atoms with Crippen LogP contribution in [0.2, 0.25) is 0 Å². The van der Waals surface area contributed by atoms with E-state index < -0.39 is 0 Å². The fraction of sp³-hybridized carbons (Fsp3) is 0.500. The molecule has 0 bridgehead atoms. The van der Waals surface area contributed by atoms with Crippen LogP contribution in [0.1, 0.15) is 0 Å². The highest BCUT2D eigenvalue weighted by Crippen LogP contribution is 1.94. The van der Waals surface area contributed by atoms with Crippen molar-refractivity contribution in [1.82, 2.24) is 4.42 Å². The van der Waals surface area contributed by atoms with Crippen LogP contribution in [-0.2, 0) is 0 Å². The average molecular weight is 144 g/mol. The molecule has 0 spiro atoms. The minimum absolute atomic E-state index is 0.164. The Labute approximate surface area is 51.9 Å². The third-order valence-electron chi connectivity index (χ3n) is 0.242. The van der Waals surface area contributed by atoms with Gasteiger partial charge in [0.1, 0.15) is 0 Å². The molecule has 0 aromatic heterocycles. The van der Waals surface area contributed by atoms with Crippen molar-refractivity contribution < 1.29 is 0 Å². The lowest BCUT2D eigenvalue weighted by Gasteiger charge is -1.98. The van der Waals surface area contributed by atoms with Gasteiger partial charge in [-0.2, -0.15) is 0 Å². The van der Waals surface area contributed by atoms with Crippen LogP contribution in [0.5, 0.6) is 0 Å². The Morgan fingerprint density at radius 2 is 2.00 bits per heavy atom. The minimum atomic E-state index is 0.164. The van der Waals surface area contributed by atoms with Crippen molar-refractivity contribution in [3.05, 3.63) is 0 Å². The van der Waals surface area contributed by atoms with E-state index in [1.165, 1.54) is 0 Å². The number of hydrogen-bond acceptors (Lipinski definition) is 1. The molecule has 0 heterocycles. The van der Waals surface area contributed by atoms with Crippen molar-refractivity contribution in [2.45, 2.75) is 0 Å². The van der Waals surface area contributed by atoms with E-state index in [9.17, 15) is 0 Å². The molecule has 0 aliphatic heterocycles. The number of rotatable bonds is 0. The van der Waals surface area contributed by atoms with Crippen LogP contribution in [0.4, 0.5) is 0 Å². The number of nitrogens with zero attached hydrogens (tertiary/aromatic N) is 1. The lowest BCUT2D eigenvalue weighted by molar-refractivity contribution is 0.855. The lowest BCUT2D eigenvalue weighted by atomic mass is 11.2. The Morgan fingerprint density at radius 1 is 1.83 bits per heavy atom. The van der Waals surface area contributed by atoms with Crippen LogP contribution >= 0.6 is 35.6 Å². The van der Waals surface area contributed by atoms with Gasteiger partial charge in [0.2, 0.25) is 0 Å². The van der Waals surface area contributed by atoms with E-state index in [1.807, 2.05) is 0 Å². The molecular formula is C2H3Cl2NS. The maximum atomic E-state index is 5.17. The van der Waals surface area contributed by atoms with Crippen LogP contribution in [0, 0.1) is 0 Å². The van der Waals surface area contributed by atoms with Gasteiger partial charge in [-0.25, -0.2) is 0 Å². The molecule has 0 amide bonds. The van der Waals surface area contributed by atoms with Crippen molar-refractivity contribution in [2.24, 2.45) is 0 Å². The molecule has 4 heteroatoms. The van der Waals surface area contributed by atoms with Gasteiger partial charge in [-0.15, -0.1) is 0 Å². The van der Waals surface area contributed by atoms with E-state index >= 15 is 0 Å². The second-order valence-corrected chi connectivity index (χ2v) is 2.21. The molecule has 0 aromatic carbocycles. The Morgan fingerprint density at radius 3 is 2.00 bits per heavy atom. The normalized spacial score (nSPS) is 7.83. The first kappa shape index (κ1) is 6.47. The monoisotopic (exact) mass is 143 g/mol. The molecule has 0 atom stereocenters. The summed E-state index contributed by atoms with van der Waals surface area (Å²) in [6.07, 6.45) is 0. The molecule has 0 saturated carbocycles. The maximum absolute atomic E-state index is 5.17. The molecule has 36 valence electrons. The van der Waals surface area contributed by atoms with Crippen LogP contribution in [0.15, 0.2) is 0 Å². The van der Waals surface area contributed by atoms with Gasteiger partial charge in [0.15, 0.2) is 4.45 Å². The molecule has 0 unspecified atom stereocenters. The Balaban J connectivity index is 3.26. The lowest BCUT2D eigenvalue weighted by Crippen LogP contribution is -2.05. The predicted octanol–water partition coefficient (Wildman–Crippen LogP) is 1.60. The summed E-state index contributed by atoms with van der Waals surface area (Å²) in [4.78, 5) is 0. The smallest absolute Gasteiger partial charge is 0.184 e. The summed E-state index contributed by atoms with van der Waals surface area (Å²) in [6, 6.07) is 0. The zero-order valence-electron chi connectivity index (χ0n) is 3.11. The van der Waals surface area contributed by atoms with Gasteiger partial charge in [0.25, 0.3) is 0 Å². The summed E-state index contributed by atoms with van der Waals surface area (Å²) in [5.41, 5.74) is 0. The van der Waals surface area contributed by atoms with E-state index in [0.717, 1.165) is 4.42 Å². The van der Waals surface area contributed by atoms with Crippen molar-refractivity contribution in [1.29, 1.82) is 0 Å². The zero-order valence-corrected chi connectivity index (χ0v) is 5.44. The first-order valence-electron chi connectivity index (χ1n) is 1.23. The molecule has 0 aliphatic carbocycles. The quantitative estimate of drug-likeness (QED) is 0.220. The topological polar surface area (TPSA) is 3.24 Å². The van der Waals surface area contributed by atoms with Crippen molar-refractivity contribution >= 4 is 40.0 Å². The standard InChI is InChI=1S/C2H3Cl2NS/c1-5(4)2(3)6/h1H3. The van der Waals surface area contributed by atoms with E-state index in [2.05, 4.69) is 12.2 Å². The van der Waals surface area contributed by atoms with Gasteiger partial charge >= 0.3 is 0 Å². The third-order valence-corrected chi connectivity index (χ3v) is 1.13. The molecule has 0 rings (SSSR count). The SMILES string of the molecule is CN(Cl)C(=S)Cl. The first-order valence-corrected chi connectivity index (χ1v) is 2.36. The molecule has 0 N–H and O–H groups in total. The van der Waals surface area contributed by atoms with E-state index in [0.29, 0.717) is 0 Å². The molecule has 0 aliphatic rings. The number of hydrogen-bond donors (Lipinski definition) is 0. The minimum Gasteiger partial charge on any atom is -0.269 e. The number of thiocarbonyl (C=S) groups is 1. The Hall–Kier alpha value is 0.470. The molecule has 0 saturated heterocycles. The van der Waals surface area contributed by atoms with Gasteiger partial charge in [0.05, 0.1) is 0 Å². The highest BCUT2D eigenvalue weighted by molar-refractivity contribution is 7.83. The van der Waals surface area contributed by atoms with Crippen molar-refractivity contribution in [2.75, 3.05) is 7.05 Å². The second-order valence-electron chi connectivity index (χ2n) is 0.730. The average Bonchev–Trinajstić information content (AvgIpc) is 1.36. The number of halogens is 2. The third kappa shape index (κ3) is 2.69. The Kier molecular flexibility index (Phi) is 2.82. The van der Waals surface area contributed by atoms with Gasteiger partial charge in [-0.3, -0.25) is 4.42 Å². The summed E-state index contributed by atoms with van der Waals surface area (Å²) in [7, 11) is 1.57. The summed E-state index contributed by atoms with van der Waals surface area (Å²) >= 11 is 14.7. The molecular weight excluding hydrogens is 141 g/mol. The van der Waals surface area contributed by atoms with Crippen LogP contribution < -0.4 is 0 Å². The van der Waals surface area contributed by atoms with Crippen LogP contribution in [0.25, 0.3) is 0 Å². The molecule has 0 aromatic rings. The maximum Gasteiger partial charge on any atom is 0.184 e. The zero-order chi connectivity index (χ0) is 5.15. The van der Waals surface area contributed by atoms with Crippen LogP contribution in [0.3, 0.4) is 0 Å². The Bertz CT molecular complexity index is 62.6. The molecule has 1 nitrogen and oxygen atoms in total. The fourth-order valence-corrected chi connectivity index (χ4v) is 0. The van der Waals surface area contributed by atoms with Gasteiger partial charge in [-0.1, -0.05) is 11.6 Å². The van der Waals surface area contributed by atoms with E-state index in [1.54, 1.807) is 7.05 Å². The van der Waals surface area contributed by atoms with Crippen molar-refractivity contribution in [3.63, 3.8) is 0 Å². The highest BCUT2D eigenvalue weighted by Gasteiger charge is 1.89. The summed E-state index contributed by atoms with van der Waals surface area (Å²) < 4.78 is 1.30. The summed E-state index contributed by atoms with van der Waals surface area (Å²) in [6.45, 7) is 0.